The zero-order valence-electron chi connectivity index (χ0n) is 13.6. The zero-order valence-corrected chi connectivity index (χ0v) is 13.6. The van der Waals surface area contributed by atoms with E-state index in [0.29, 0.717) is 34.1 Å². The summed E-state index contributed by atoms with van der Waals surface area (Å²) in [6.45, 7) is 0. The van der Waals surface area contributed by atoms with Crippen molar-refractivity contribution in [3.05, 3.63) is 47.0 Å². The molecule has 0 fully saturated rings. The molecule has 24 heavy (non-hydrogen) atoms. The fraction of sp³-hybridized carbons (Fsp3) is 0.222. The van der Waals surface area contributed by atoms with E-state index in [0.717, 1.165) is 5.56 Å². The summed E-state index contributed by atoms with van der Waals surface area (Å²) in [5, 5.41) is 2.75. The third kappa shape index (κ3) is 2.56. The highest BCUT2D eigenvalue weighted by Gasteiger charge is 2.25. The van der Waals surface area contributed by atoms with Gasteiger partial charge in [-0.2, -0.15) is 0 Å². The Kier molecular flexibility index (Phi) is 4.12. The Balaban J connectivity index is 2.09. The Morgan fingerprint density at radius 2 is 1.71 bits per heavy atom. The van der Waals surface area contributed by atoms with Gasteiger partial charge >= 0.3 is 0 Å². The third-order valence-corrected chi connectivity index (χ3v) is 3.94. The van der Waals surface area contributed by atoms with Crippen molar-refractivity contribution < 1.29 is 23.8 Å². The van der Waals surface area contributed by atoms with Crippen LogP contribution < -0.4 is 19.5 Å². The maximum absolute atomic E-state index is 12.9. The number of carbonyl (C=O) groups excluding carboxylic acids is 2. The van der Waals surface area contributed by atoms with Crippen molar-refractivity contribution in [3.63, 3.8) is 0 Å². The van der Waals surface area contributed by atoms with Gasteiger partial charge in [-0.1, -0.05) is 12.1 Å². The lowest BCUT2D eigenvalue weighted by molar-refractivity contribution is -0.115. The van der Waals surface area contributed by atoms with E-state index in [2.05, 4.69) is 5.32 Å². The van der Waals surface area contributed by atoms with Crippen LogP contribution in [0, 0.1) is 0 Å². The number of amides is 1. The number of hydrogen-bond acceptors (Lipinski definition) is 5. The highest BCUT2D eigenvalue weighted by molar-refractivity contribution is 6.16. The van der Waals surface area contributed by atoms with Crippen LogP contribution in [0.15, 0.2) is 30.3 Å². The Morgan fingerprint density at radius 3 is 2.29 bits per heavy atom. The van der Waals surface area contributed by atoms with Gasteiger partial charge in [-0.15, -0.1) is 0 Å². The lowest BCUT2D eigenvalue weighted by Gasteiger charge is -2.14. The minimum absolute atomic E-state index is 0.116. The molecule has 3 rings (SSSR count). The van der Waals surface area contributed by atoms with Crippen LogP contribution in [0.4, 0.5) is 5.69 Å². The summed E-state index contributed by atoms with van der Waals surface area (Å²) in [4.78, 5) is 24.6. The molecular formula is C18H17NO5. The molecule has 0 saturated carbocycles. The first-order chi connectivity index (χ1) is 11.6. The van der Waals surface area contributed by atoms with Crippen LogP contribution in [0.5, 0.6) is 17.2 Å². The molecule has 2 aromatic rings. The number of benzene rings is 2. The summed E-state index contributed by atoms with van der Waals surface area (Å²) in [5.74, 6) is 0.875. The molecule has 0 radical (unpaired) electrons. The Hall–Kier alpha value is -3.02. The highest BCUT2D eigenvalue weighted by Crippen LogP contribution is 2.39. The van der Waals surface area contributed by atoms with Crippen LogP contribution in [0.25, 0.3) is 0 Å². The van der Waals surface area contributed by atoms with Gasteiger partial charge in [0.1, 0.15) is 0 Å². The molecule has 1 aliphatic heterocycles. The number of rotatable bonds is 5. The monoisotopic (exact) mass is 327 g/mol. The first-order valence-electron chi connectivity index (χ1n) is 7.35. The molecular weight excluding hydrogens is 310 g/mol. The highest BCUT2D eigenvalue weighted by atomic mass is 16.5. The molecule has 1 amide bonds. The normalized spacial score (nSPS) is 12.4. The predicted octanol–water partition coefficient (Wildman–Crippen LogP) is 2.44. The van der Waals surface area contributed by atoms with E-state index in [1.165, 1.54) is 21.3 Å². The van der Waals surface area contributed by atoms with E-state index in [1.54, 1.807) is 24.3 Å². The van der Waals surface area contributed by atoms with Crippen molar-refractivity contribution in [2.45, 2.75) is 6.42 Å². The molecule has 0 aliphatic carbocycles. The lowest BCUT2D eigenvalue weighted by atomic mass is 9.98. The number of nitrogens with one attached hydrogen (secondary N) is 1. The van der Waals surface area contributed by atoms with Crippen LogP contribution in [0.2, 0.25) is 0 Å². The molecule has 0 bridgehead atoms. The van der Waals surface area contributed by atoms with Gasteiger partial charge in [0.25, 0.3) is 0 Å². The Labute approximate surface area is 139 Å². The number of ether oxygens (including phenoxy) is 3. The van der Waals surface area contributed by atoms with E-state index < -0.39 is 0 Å². The molecule has 0 aromatic heterocycles. The molecule has 124 valence electrons. The quantitative estimate of drug-likeness (QED) is 0.854. The second-order valence-corrected chi connectivity index (χ2v) is 5.31. The van der Waals surface area contributed by atoms with Crippen LogP contribution >= 0.6 is 0 Å². The first kappa shape index (κ1) is 15.9. The summed E-state index contributed by atoms with van der Waals surface area (Å²) in [7, 11) is 4.49. The first-order valence-corrected chi connectivity index (χ1v) is 7.35. The average Bonchev–Trinajstić information content (AvgIpc) is 2.99. The number of hydrogen-bond donors (Lipinski definition) is 1. The van der Waals surface area contributed by atoms with Crippen molar-refractivity contribution in [2.75, 3.05) is 26.6 Å². The van der Waals surface area contributed by atoms with Gasteiger partial charge in [0.2, 0.25) is 11.7 Å². The molecule has 1 heterocycles. The van der Waals surface area contributed by atoms with Crippen molar-refractivity contribution >= 4 is 17.4 Å². The number of methoxy groups -OCH3 is 3. The average molecular weight is 327 g/mol. The predicted molar refractivity (Wildman–Crippen MR) is 88.3 cm³/mol. The van der Waals surface area contributed by atoms with Crippen LogP contribution in [-0.2, 0) is 11.2 Å². The summed E-state index contributed by atoms with van der Waals surface area (Å²) in [6.07, 6.45) is 0.283. The minimum Gasteiger partial charge on any atom is -0.493 e. The number of carbonyl (C=O) groups is 2. The lowest BCUT2D eigenvalue weighted by Crippen LogP contribution is -2.09. The van der Waals surface area contributed by atoms with E-state index >= 15 is 0 Å². The topological polar surface area (TPSA) is 73.9 Å². The number of para-hydroxylation sites is 1. The SMILES string of the molecule is COc1cc(C(=O)c2cccc3c2NC(=O)C3)cc(OC)c1OC. The van der Waals surface area contributed by atoms with Crippen molar-refractivity contribution in [1.82, 2.24) is 0 Å². The molecule has 6 nitrogen and oxygen atoms in total. The summed E-state index contributed by atoms with van der Waals surface area (Å²) < 4.78 is 15.8. The molecule has 1 aliphatic rings. The fourth-order valence-electron chi connectivity index (χ4n) is 2.81. The summed E-state index contributed by atoms with van der Waals surface area (Å²) in [5.41, 5.74) is 2.21. The Bertz CT molecular complexity index is 803. The van der Waals surface area contributed by atoms with Crippen LogP contribution in [0.3, 0.4) is 0 Å². The molecule has 2 aromatic carbocycles. The second kappa shape index (κ2) is 6.23. The van der Waals surface area contributed by atoms with E-state index in [1.807, 2.05) is 6.07 Å². The third-order valence-electron chi connectivity index (χ3n) is 3.94. The number of anilines is 1. The molecule has 0 unspecified atom stereocenters. The molecule has 1 N–H and O–H groups in total. The van der Waals surface area contributed by atoms with Crippen molar-refractivity contribution in [1.29, 1.82) is 0 Å². The van der Waals surface area contributed by atoms with E-state index in [9.17, 15) is 9.59 Å². The van der Waals surface area contributed by atoms with Crippen LogP contribution in [0.1, 0.15) is 21.5 Å². The van der Waals surface area contributed by atoms with Gasteiger partial charge in [-0.3, -0.25) is 9.59 Å². The molecule has 0 spiro atoms. The summed E-state index contributed by atoms with van der Waals surface area (Å²) in [6, 6.07) is 8.49. The zero-order chi connectivity index (χ0) is 17.3. The molecule has 0 atom stereocenters. The molecule has 0 saturated heterocycles. The minimum atomic E-state index is -0.228. The van der Waals surface area contributed by atoms with Gasteiger partial charge in [0.05, 0.1) is 33.4 Å². The van der Waals surface area contributed by atoms with Gasteiger partial charge in [0, 0.05) is 11.1 Å². The van der Waals surface area contributed by atoms with Crippen molar-refractivity contribution in [3.8, 4) is 17.2 Å². The number of ketones is 1. The second-order valence-electron chi connectivity index (χ2n) is 5.31. The van der Waals surface area contributed by atoms with Gasteiger partial charge in [0.15, 0.2) is 17.3 Å². The fourth-order valence-corrected chi connectivity index (χ4v) is 2.81. The van der Waals surface area contributed by atoms with E-state index in [-0.39, 0.29) is 18.1 Å². The van der Waals surface area contributed by atoms with Crippen LogP contribution in [-0.4, -0.2) is 33.0 Å². The molecule has 6 heteroatoms. The smallest absolute Gasteiger partial charge is 0.228 e. The van der Waals surface area contributed by atoms with Gasteiger partial charge in [-0.05, 0) is 23.8 Å². The number of fused-ring (bicyclic) bond motifs is 1. The standard InChI is InChI=1S/C18H17NO5/c1-22-13-7-11(8-14(23-2)18(13)24-3)17(21)12-6-4-5-10-9-15(20)19-16(10)12/h4-8H,9H2,1-3H3,(H,19,20). The maximum atomic E-state index is 12.9. The largest absolute Gasteiger partial charge is 0.493 e. The van der Waals surface area contributed by atoms with Gasteiger partial charge in [-0.25, -0.2) is 0 Å². The Morgan fingerprint density at radius 1 is 1.04 bits per heavy atom. The van der Waals surface area contributed by atoms with Gasteiger partial charge < -0.3 is 19.5 Å². The van der Waals surface area contributed by atoms with Crippen molar-refractivity contribution in [2.24, 2.45) is 0 Å². The maximum Gasteiger partial charge on any atom is 0.228 e. The van der Waals surface area contributed by atoms with E-state index in [4.69, 9.17) is 14.2 Å². The summed E-state index contributed by atoms with van der Waals surface area (Å²) >= 11 is 0.